The minimum atomic E-state index is -0.703. The van der Waals surface area contributed by atoms with Gasteiger partial charge in [0, 0.05) is 5.56 Å². The van der Waals surface area contributed by atoms with Gasteiger partial charge in [0.05, 0.1) is 23.9 Å². The number of benzene rings is 2. The number of hydrogen-bond acceptors (Lipinski definition) is 6. The van der Waals surface area contributed by atoms with Gasteiger partial charge in [0.25, 0.3) is 5.91 Å². The lowest BCUT2D eigenvalue weighted by molar-refractivity contribution is -0.118. The maximum atomic E-state index is 12.9. The lowest BCUT2D eigenvalue weighted by Crippen LogP contribution is -2.47. The van der Waals surface area contributed by atoms with Crippen LogP contribution in [-0.4, -0.2) is 36.6 Å². The van der Waals surface area contributed by atoms with Gasteiger partial charge < -0.3 is 20.1 Å². The van der Waals surface area contributed by atoms with Crippen LogP contribution in [-0.2, 0) is 4.79 Å². The minimum Gasteiger partial charge on any atom is -0.497 e. The molecule has 1 atom stereocenters. The molecule has 1 heterocycles. The highest BCUT2D eigenvalue weighted by atomic mass is 32.1. The van der Waals surface area contributed by atoms with E-state index in [9.17, 15) is 9.59 Å². The maximum absolute atomic E-state index is 12.9. The van der Waals surface area contributed by atoms with E-state index in [1.54, 1.807) is 31.4 Å². The third kappa shape index (κ3) is 5.07. The van der Waals surface area contributed by atoms with Gasteiger partial charge >= 0.3 is 0 Å². The second-order valence-corrected chi connectivity index (χ2v) is 8.03. The molecule has 0 spiro atoms. The molecule has 2 aromatic carbocycles. The molecule has 30 heavy (non-hydrogen) atoms. The number of fused-ring (bicyclic) bond motifs is 1. The number of rotatable bonds is 8. The van der Waals surface area contributed by atoms with Crippen LogP contribution in [0.25, 0.3) is 10.2 Å². The lowest BCUT2D eigenvalue weighted by Gasteiger charge is -2.21. The average molecular weight is 428 g/mol. The molecule has 3 rings (SSSR count). The number of thiazole rings is 1. The molecule has 8 heteroatoms. The molecule has 0 radical (unpaired) electrons. The summed E-state index contributed by atoms with van der Waals surface area (Å²) >= 11 is 1.36. The summed E-state index contributed by atoms with van der Waals surface area (Å²) in [4.78, 5) is 29.9. The minimum absolute atomic E-state index is 0.105. The van der Waals surface area contributed by atoms with Gasteiger partial charge in [0.15, 0.2) is 5.13 Å². The Bertz CT molecular complexity index is 1030. The van der Waals surface area contributed by atoms with Crippen LogP contribution in [0.3, 0.4) is 0 Å². The van der Waals surface area contributed by atoms with Crippen molar-refractivity contribution in [3.05, 3.63) is 48.0 Å². The standard InChI is InChI=1S/C22H25N3O4S/c1-5-29-15-8-6-14(7-9-15)20(26)24-19(13(2)3)21(27)25-22-23-17-11-10-16(28-4)12-18(17)30-22/h6-13,19H,5H2,1-4H3,(H,24,26)(H,23,25,27)/t19-/m0/s1. The summed E-state index contributed by atoms with van der Waals surface area (Å²) in [5, 5.41) is 6.12. The highest BCUT2D eigenvalue weighted by Crippen LogP contribution is 2.29. The first-order valence-electron chi connectivity index (χ1n) is 9.70. The van der Waals surface area contributed by atoms with Gasteiger partial charge in [-0.15, -0.1) is 0 Å². The number of ether oxygens (including phenoxy) is 2. The molecule has 1 aromatic heterocycles. The van der Waals surface area contributed by atoms with Crippen LogP contribution in [0.1, 0.15) is 31.1 Å². The molecule has 3 aromatic rings. The Balaban J connectivity index is 1.70. The Morgan fingerprint density at radius 3 is 2.43 bits per heavy atom. The molecule has 0 bridgehead atoms. The van der Waals surface area contributed by atoms with E-state index < -0.39 is 6.04 Å². The van der Waals surface area contributed by atoms with Crippen LogP contribution >= 0.6 is 11.3 Å². The molecule has 0 aliphatic heterocycles. The van der Waals surface area contributed by atoms with Crippen molar-refractivity contribution in [1.82, 2.24) is 10.3 Å². The van der Waals surface area contributed by atoms with Crippen LogP contribution in [0.5, 0.6) is 11.5 Å². The van der Waals surface area contributed by atoms with Gasteiger partial charge in [-0.05, 0) is 55.3 Å². The molecular weight excluding hydrogens is 402 g/mol. The zero-order valence-electron chi connectivity index (χ0n) is 17.4. The summed E-state index contributed by atoms with van der Waals surface area (Å²) in [6, 6.07) is 11.7. The first-order chi connectivity index (χ1) is 14.4. The van der Waals surface area contributed by atoms with Crippen molar-refractivity contribution in [3.8, 4) is 11.5 Å². The van der Waals surface area contributed by atoms with Crippen LogP contribution in [0.2, 0.25) is 0 Å². The van der Waals surface area contributed by atoms with Gasteiger partial charge in [-0.1, -0.05) is 25.2 Å². The number of nitrogens with zero attached hydrogens (tertiary/aromatic N) is 1. The summed E-state index contributed by atoms with van der Waals surface area (Å²) < 4.78 is 11.5. The van der Waals surface area contributed by atoms with Gasteiger partial charge in [-0.3, -0.25) is 9.59 Å². The third-order valence-electron chi connectivity index (χ3n) is 4.49. The Kier molecular flexibility index (Phi) is 6.89. The number of carbonyl (C=O) groups excluding carboxylic acids is 2. The van der Waals surface area contributed by atoms with Crippen molar-refractivity contribution < 1.29 is 19.1 Å². The van der Waals surface area contributed by atoms with Crippen molar-refractivity contribution >= 4 is 38.5 Å². The fourth-order valence-corrected chi connectivity index (χ4v) is 3.79. The predicted molar refractivity (Wildman–Crippen MR) is 119 cm³/mol. The number of anilines is 1. The van der Waals surface area contributed by atoms with Crippen molar-refractivity contribution in [2.24, 2.45) is 5.92 Å². The second-order valence-electron chi connectivity index (χ2n) is 6.99. The fraction of sp³-hybridized carbons (Fsp3) is 0.318. The van der Waals surface area contributed by atoms with Crippen LogP contribution < -0.4 is 20.1 Å². The maximum Gasteiger partial charge on any atom is 0.251 e. The van der Waals surface area contributed by atoms with E-state index in [1.807, 2.05) is 39.0 Å². The Morgan fingerprint density at radius 2 is 1.80 bits per heavy atom. The molecule has 2 N–H and O–H groups in total. The quantitative estimate of drug-likeness (QED) is 0.565. The van der Waals surface area contributed by atoms with Gasteiger partial charge in [-0.25, -0.2) is 4.98 Å². The smallest absolute Gasteiger partial charge is 0.251 e. The summed E-state index contributed by atoms with van der Waals surface area (Å²) in [5.74, 6) is 0.689. The van der Waals surface area contributed by atoms with E-state index in [0.29, 0.717) is 23.1 Å². The Hall–Kier alpha value is -3.13. The van der Waals surface area contributed by atoms with E-state index in [1.165, 1.54) is 11.3 Å². The van der Waals surface area contributed by atoms with Gasteiger partial charge in [-0.2, -0.15) is 0 Å². The number of hydrogen-bond donors (Lipinski definition) is 2. The summed E-state index contributed by atoms with van der Waals surface area (Å²) in [7, 11) is 1.60. The van der Waals surface area contributed by atoms with Crippen LogP contribution in [0.4, 0.5) is 5.13 Å². The van der Waals surface area contributed by atoms with E-state index in [4.69, 9.17) is 9.47 Å². The van der Waals surface area contributed by atoms with E-state index in [-0.39, 0.29) is 17.7 Å². The SMILES string of the molecule is CCOc1ccc(C(=O)N[C@H](C(=O)Nc2nc3ccc(OC)cc3s2)C(C)C)cc1. The Morgan fingerprint density at radius 1 is 1.10 bits per heavy atom. The first-order valence-corrected chi connectivity index (χ1v) is 10.5. The zero-order valence-corrected chi connectivity index (χ0v) is 18.2. The zero-order chi connectivity index (χ0) is 21.7. The van der Waals surface area contributed by atoms with E-state index in [0.717, 1.165) is 16.0 Å². The van der Waals surface area contributed by atoms with Crippen molar-refractivity contribution in [2.45, 2.75) is 26.8 Å². The van der Waals surface area contributed by atoms with E-state index in [2.05, 4.69) is 15.6 Å². The summed E-state index contributed by atoms with van der Waals surface area (Å²) in [6.45, 7) is 6.21. The molecule has 0 saturated heterocycles. The van der Waals surface area contributed by atoms with Crippen LogP contribution in [0.15, 0.2) is 42.5 Å². The predicted octanol–water partition coefficient (Wildman–Crippen LogP) is 4.10. The van der Waals surface area contributed by atoms with Crippen molar-refractivity contribution in [2.75, 3.05) is 19.0 Å². The number of amides is 2. The monoisotopic (exact) mass is 427 g/mol. The average Bonchev–Trinajstić information content (AvgIpc) is 3.13. The molecule has 158 valence electrons. The number of aromatic nitrogens is 1. The number of nitrogens with one attached hydrogen (secondary N) is 2. The third-order valence-corrected chi connectivity index (χ3v) is 5.42. The number of carbonyl (C=O) groups is 2. The molecule has 2 amide bonds. The van der Waals surface area contributed by atoms with Crippen molar-refractivity contribution in [1.29, 1.82) is 0 Å². The van der Waals surface area contributed by atoms with Crippen LogP contribution in [0, 0.1) is 5.92 Å². The molecule has 7 nitrogen and oxygen atoms in total. The lowest BCUT2D eigenvalue weighted by atomic mass is 10.0. The topological polar surface area (TPSA) is 89.5 Å². The highest BCUT2D eigenvalue weighted by Gasteiger charge is 2.25. The van der Waals surface area contributed by atoms with E-state index >= 15 is 0 Å². The molecule has 0 aliphatic carbocycles. The molecule has 0 aliphatic rings. The fourth-order valence-electron chi connectivity index (χ4n) is 2.90. The second kappa shape index (κ2) is 9.58. The van der Waals surface area contributed by atoms with Gasteiger partial charge in [0.2, 0.25) is 5.91 Å². The summed E-state index contributed by atoms with van der Waals surface area (Å²) in [5.41, 5.74) is 1.24. The normalized spacial score (nSPS) is 11.9. The van der Waals surface area contributed by atoms with Gasteiger partial charge in [0.1, 0.15) is 17.5 Å². The molecule has 0 unspecified atom stereocenters. The molecular formula is C22H25N3O4S. The highest BCUT2D eigenvalue weighted by molar-refractivity contribution is 7.22. The summed E-state index contributed by atoms with van der Waals surface area (Å²) in [6.07, 6.45) is 0. The molecule has 0 fully saturated rings. The largest absolute Gasteiger partial charge is 0.497 e. The first kappa shape index (κ1) is 21.6. The number of methoxy groups -OCH3 is 1. The van der Waals surface area contributed by atoms with Crippen molar-refractivity contribution in [3.63, 3.8) is 0 Å². The Labute approximate surface area is 179 Å². The molecule has 0 saturated carbocycles.